The van der Waals surface area contributed by atoms with E-state index in [1.54, 1.807) is 12.1 Å². The number of aryl methyl sites for hydroxylation is 1. The van der Waals surface area contributed by atoms with E-state index in [4.69, 9.17) is 4.74 Å². The molecule has 0 unspecified atom stereocenters. The number of ether oxygens (including phenoxy) is 1. The molecule has 20 heavy (non-hydrogen) atoms. The van der Waals surface area contributed by atoms with Crippen molar-refractivity contribution in [1.82, 2.24) is 10.2 Å². The van der Waals surface area contributed by atoms with E-state index in [2.05, 4.69) is 14.9 Å². The van der Waals surface area contributed by atoms with Crippen molar-refractivity contribution >= 4 is 15.7 Å². The van der Waals surface area contributed by atoms with E-state index in [0.717, 1.165) is 12.0 Å². The molecule has 0 aliphatic carbocycles. The molecule has 0 bridgehead atoms. The molecule has 108 valence electrons. The average Bonchev–Trinajstić information content (AvgIpc) is 2.93. The van der Waals surface area contributed by atoms with Crippen molar-refractivity contribution in [2.45, 2.75) is 25.3 Å². The molecule has 0 radical (unpaired) electrons. The summed E-state index contributed by atoms with van der Waals surface area (Å²) in [5, 5.41) is 6.08. The molecule has 2 N–H and O–H groups in total. The molecule has 0 aliphatic rings. The van der Waals surface area contributed by atoms with Gasteiger partial charge in [-0.3, -0.25) is 9.82 Å². The smallest absolute Gasteiger partial charge is 0.278 e. The van der Waals surface area contributed by atoms with Crippen molar-refractivity contribution in [2.24, 2.45) is 0 Å². The van der Waals surface area contributed by atoms with Crippen molar-refractivity contribution in [3.63, 3.8) is 0 Å². The summed E-state index contributed by atoms with van der Waals surface area (Å²) in [6.45, 7) is 4.44. The van der Waals surface area contributed by atoms with Crippen LogP contribution in [0.25, 0.3) is 0 Å². The summed E-state index contributed by atoms with van der Waals surface area (Å²) in [6.07, 6.45) is 2.23. The maximum absolute atomic E-state index is 12.1. The van der Waals surface area contributed by atoms with E-state index in [0.29, 0.717) is 18.0 Å². The lowest BCUT2D eigenvalue weighted by molar-refractivity contribution is 0.319. The maximum atomic E-state index is 12.1. The third kappa shape index (κ3) is 3.30. The Labute approximate surface area is 118 Å². The standard InChI is InChI=1S/C13H17N3O3S/c1-3-8-19-12-9-10(2)4-5-11(12)16-20(17,18)13-6-7-14-15-13/h4-7,9,16H,3,8H2,1-2H3,(H,14,15). The highest BCUT2D eigenvalue weighted by Crippen LogP contribution is 2.28. The van der Waals surface area contributed by atoms with Gasteiger partial charge in [-0.05, 0) is 37.1 Å². The zero-order valence-corrected chi connectivity index (χ0v) is 12.2. The Morgan fingerprint density at radius 3 is 2.80 bits per heavy atom. The minimum absolute atomic E-state index is 0.0134. The molecule has 1 aromatic heterocycles. The number of benzene rings is 1. The number of rotatable bonds is 6. The molecular weight excluding hydrogens is 278 g/mol. The Kier molecular flexibility index (Phi) is 4.29. The first kappa shape index (κ1) is 14.4. The molecule has 1 aromatic carbocycles. The lowest BCUT2D eigenvalue weighted by atomic mass is 10.2. The largest absolute Gasteiger partial charge is 0.491 e. The molecule has 2 rings (SSSR count). The number of H-pyrrole nitrogens is 1. The predicted octanol–water partition coefficient (Wildman–Crippen LogP) is 2.31. The number of aromatic amines is 1. The van der Waals surface area contributed by atoms with Crippen molar-refractivity contribution in [3.05, 3.63) is 36.0 Å². The van der Waals surface area contributed by atoms with Crippen LogP contribution < -0.4 is 9.46 Å². The lowest BCUT2D eigenvalue weighted by Gasteiger charge is -2.13. The summed E-state index contributed by atoms with van der Waals surface area (Å²) in [4.78, 5) is 0. The molecule has 1 heterocycles. The number of hydrogen-bond donors (Lipinski definition) is 2. The number of nitrogens with one attached hydrogen (secondary N) is 2. The number of aromatic nitrogens is 2. The van der Waals surface area contributed by atoms with Gasteiger partial charge >= 0.3 is 0 Å². The van der Waals surface area contributed by atoms with Crippen molar-refractivity contribution in [2.75, 3.05) is 11.3 Å². The van der Waals surface area contributed by atoms with Gasteiger partial charge in [-0.2, -0.15) is 13.5 Å². The Balaban J connectivity index is 2.29. The fraction of sp³-hybridized carbons (Fsp3) is 0.308. The molecule has 7 heteroatoms. The van der Waals surface area contributed by atoms with Gasteiger partial charge in [-0.15, -0.1) is 0 Å². The fourth-order valence-corrected chi connectivity index (χ4v) is 2.62. The van der Waals surface area contributed by atoms with E-state index in [1.807, 2.05) is 19.9 Å². The highest BCUT2D eigenvalue weighted by Gasteiger charge is 2.17. The summed E-state index contributed by atoms with van der Waals surface area (Å²) in [6, 6.07) is 6.71. The van der Waals surface area contributed by atoms with Crippen LogP contribution in [0.3, 0.4) is 0 Å². The molecule has 0 fully saturated rings. The van der Waals surface area contributed by atoms with Gasteiger partial charge < -0.3 is 4.74 Å². The highest BCUT2D eigenvalue weighted by atomic mass is 32.2. The number of sulfonamides is 1. The van der Waals surface area contributed by atoms with Crippen molar-refractivity contribution in [1.29, 1.82) is 0 Å². The Morgan fingerprint density at radius 1 is 1.35 bits per heavy atom. The number of nitrogens with zero attached hydrogens (tertiary/aromatic N) is 1. The van der Waals surface area contributed by atoms with Crippen molar-refractivity contribution < 1.29 is 13.2 Å². The molecule has 2 aromatic rings. The average molecular weight is 295 g/mol. The molecule has 0 saturated heterocycles. The van der Waals surface area contributed by atoms with Crippen LogP contribution in [0.5, 0.6) is 5.75 Å². The van der Waals surface area contributed by atoms with Gasteiger partial charge in [0, 0.05) is 0 Å². The van der Waals surface area contributed by atoms with Gasteiger partial charge in [0.15, 0.2) is 5.03 Å². The van der Waals surface area contributed by atoms with Crippen LogP contribution >= 0.6 is 0 Å². The van der Waals surface area contributed by atoms with Gasteiger partial charge in [0.2, 0.25) is 0 Å². The van der Waals surface area contributed by atoms with E-state index in [9.17, 15) is 8.42 Å². The van der Waals surface area contributed by atoms with Crippen LogP contribution in [0.15, 0.2) is 35.5 Å². The molecule has 6 nitrogen and oxygen atoms in total. The molecule has 0 aliphatic heterocycles. The first-order valence-electron chi connectivity index (χ1n) is 6.28. The lowest BCUT2D eigenvalue weighted by Crippen LogP contribution is -2.14. The number of hydrogen-bond acceptors (Lipinski definition) is 4. The summed E-state index contributed by atoms with van der Waals surface area (Å²) in [5.41, 5.74) is 1.42. The summed E-state index contributed by atoms with van der Waals surface area (Å²) in [7, 11) is -3.68. The number of anilines is 1. The van der Waals surface area contributed by atoms with Gasteiger partial charge in [0.05, 0.1) is 18.5 Å². The SMILES string of the molecule is CCCOc1cc(C)ccc1NS(=O)(=O)c1ccn[nH]1. The third-order valence-electron chi connectivity index (χ3n) is 2.61. The van der Waals surface area contributed by atoms with E-state index in [1.165, 1.54) is 12.3 Å². The van der Waals surface area contributed by atoms with Gasteiger partial charge in [0.25, 0.3) is 10.0 Å². The molecule has 0 spiro atoms. The van der Waals surface area contributed by atoms with Crippen molar-refractivity contribution in [3.8, 4) is 5.75 Å². The van der Waals surface area contributed by atoms with E-state index >= 15 is 0 Å². The second kappa shape index (κ2) is 5.96. The van der Waals surface area contributed by atoms with Gasteiger partial charge in [0.1, 0.15) is 5.75 Å². The van der Waals surface area contributed by atoms with E-state index in [-0.39, 0.29) is 5.03 Å². The van der Waals surface area contributed by atoms with Crippen LogP contribution in [-0.4, -0.2) is 25.2 Å². The Bertz CT molecular complexity index is 666. The predicted molar refractivity (Wildman–Crippen MR) is 76.4 cm³/mol. The zero-order valence-electron chi connectivity index (χ0n) is 11.4. The summed E-state index contributed by atoms with van der Waals surface area (Å²) in [5.74, 6) is 0.523. The Hall–Kier alpha value is -2.02. The second-order valence-electron chi connectivity index (χ2n) is 4.37. The topological polar surface area (TPSA) is 84.1 Å². The van der Waals surface area contributed by atoms with Crippen LogP contribution in [0.2, 0.25) is 0 Å². The van der Waals surface area contributed by atoms with Crippen LogP contribution in [0.1, 0.15) is 18.9 Å². The molecule has 0 saturated carbocycles. The molecule has 0 atom stereocenters. The molecule has 0 amide bonds. The first-order valence-corrected chi connectivity index (χ1v) is 7.77. The van der Waals surface area contributed by atoms with Crippen LogP contribution in [0.4, 0.5) is 5.69 Å². The monoisotopic (exact) mass is 295 g/mol. The van der Waals surface area contributed by atoms with Crippen LogP contribution in [-0.2, 0) is 10.0 Å². The zero-order chi connectivity index (χ0) is 14.6. The van der Waals surface area contributed by atoms with E-state index < -0.39 is 10.0 Å². The van der Waals surface area contributed by atoms with Crippen LogP contribution in [0, 0.1) is 6.92 Å². The third-order valence-corrected chi connectivity index (χ3v) is 3.90. The minimum atomic E-state index is -3.68. The van der Waals surface area contributed by atoms with Gasteiger partial charge in [-0.25, -0.2) is 0 Å². The normalized spacial score (nSPS) is 11.3. The minimum Gasteiger partial charge on any atom is -0.491 e. The maximum Gasteiger partial charge on any atom is 0.278 e. The first-order chi connectivity index (χ1) is 9.53. The summed E-state index contributed by atoms with van der Waals surface area (Å²) >= 11 is 0. The highest BCUT2D eigenvalue weighted by molar-refractivity contribution is 7.92. The quantitative estimate of drug-likeness (QED) is 0.856. The fourth-order valence-electron chi connectivity index (χ4n) is 1.64. The second-order valence-corrected chi connectivity index (χ2v) is 6.03. The Morgan fingerprint density at radius 2 is 2.15 bits per heavy atom. The molecular formula is C13H17N3O3S. The van der Waals surface area contributed by atoms with Gasteiger partial charge in [-0.1, -0.05) is 13.0 Å². The summed E-state index contributed by atoms with van der Waals surface area (Å²) < 4.78 is 32.4.